The van der Waals surface area contributed by atoms with Crippen LogP contribution in [0.5, 0.6) is 0 Å². The van der Waals surface area contributed by atoms with Gasteiger partial charge in [-0.1, -0.05) is 32.9 Å². The SMILES string of the molecule is Cc1cc(CN)ccc1S(=O)(=O)NCC(C)(C)C. The molecule has 0 aliphatic heterocycles. The quantitative estimate of drug-likeness (QED) is 0.876. The van der Waals surface area contributed by atoms with Gasteiger partial charge in [-0.05, 0) is 29.5 Å². The van der Waals surface area contributed by atoms with Gasteiger partial charge in [0.15, 0.2) is 0 Å². The van der Waals surface area contributed by atoms with Gasteiger partial charge in [-0.25, -0.2) is 13.1 Å². The van der Waals surface area contributed by atoms with Crippen LogP contribution in [0.1, 0.15) is 31.9 Å². The van der Waals surface area contributed by atoms with Crippen LogP contribution in [0.4, 0.5) is 0 Å². The number of sulfonamides is 1. The minimum absolute atomic E-state index is 0.0851. The molecule has 0 saturated heterocycles. The average Bonchev–Trinajstić information content (AvgIpc) is 2.25. The van der Waals surface area contributed by atoms with Crippen LogP contribution in [0.25, 0.3) is 0 Å². The highest BCUT2D eigenvalue weighted by Crippen LogP contribution is 2.18. The van der Waals surface area contributed by atoms with Crippen LogP contribution in [-0.2, 0) is 16.6 Å². The summed E-state index contributed by atoms with van der Waals surface area (Å²) in [5.74, 6) is 0. The molecule has 0 bridgehead atoms. The van der Waals surface area contributed by atoms with Gasteiger partial charge in [-0.3, -0.25) is 0 Å². The van der Waals surface area contributed by atoms with Crippen LogP contribution in [-0.4, -0.2) is 15.0 Å². The predicted octanol–water partition coefficient (Wildman–Crippen LogP) is 1.78. The van der Waals surface area contributed by atoms with Crippen LogP contribution < -0.4 is 10.5 Å². The highest BCUT2D eigenvalue weighted by atomic mass is 32.2. The van der Waals surface area contributed by atoms with Crippen LogP contribution in [0.2, 0.25) is 0 Å². The maximum Gasteiger partial charge on any atom is 0.240 e. The number of benzene rings is 1. The van der Waals surface area contributed by atoms with E-state index in [4.69, 9.17) is 5.73 Å². The molecule has 0 unspecified atom stereocenters. The van der Waals surface area contributed by atoms with Crippen molar-refractivity contribution in [3.05, 3.63) is 29.3 Å². The molecule has 0 saturated carbocycles. The third-order valence-corrected chi connectivity index (χ3v) is 4.12. The van der Waals surface area contributed by atoms with Crippen molar-refractivity contribution in [2.45, 2.75) is 39.1 Å². The Labute approximate surface area is 110 Å². The summed E-state index contributed by atoms with van der Waals surface area (Å²) in [5.41, 5.74) is 7.10. The molecule has 0 aromatic heterocycles. The summed E-state index contributed by atoms with van der Waals surface area (Å²) >= 11 is 0. The molecule has 0 aliphatic carbocycles. The Morgan fingerprint density at radius 3 is 2.33 bits per heavy atom. The lowest BCUT2D eigenvalue weighted by atomic mass is 9.98. The number of hydrogen-bond acceptors (Lipinski definition) is 3. The van der Waals surface area contributed by atoms with Gasteiger partial charge in [0.2, 0.25) is 10.0 Å². The van der Waals surface area contributed by atoms with Gasteiger partial charge in [0.25, 0.3) is 0 Å². The van der Waals surface area contributed by atoms with Crippen molar-refractivity contribution in [3.8, 4) is 0 Å². The largest absolute Gasteiger partial charge is 0.326 e. The van der Waals surface area contributed by atoms with E-state index >= 15 is 0 Å². The standard InChI is InChI=1S/C13H22N2O2S/c1-10-7-11(8-14)5-6-12(10)18(16,17)15-9-13(2,3)4/h5-7,15H,8-9,14H2,1-4H3. The van der Waals surface area contributed by atoms with Crippen LogP contribution in [0.15, 0.2) is 23.1 Å². The fourth-order valence-corrected chi connectivity index (χ4v) is 3.04. The first kappa shape index (κ1) is 15.1. The molecule has 102 valence electrons. The van der Waals surface area contributed by atoms with Crippen molar-refractivity contribution in [1.82, 2.24) is 4.72 Å². The maximum absolute atomic E-state index is 12.2. The zero-order chi connectivity index (χ0) is 14.0. The van der Waals surface area contributed by atoms with E-state index in [0.717, 1.165) is 11.1 Å². The van der Waals surface area contributed by atoms with Gasteiger partial charge in [-0.15, -0.1) is 0 Å². The van der Waals surface area contributed by atoms with Gasteiger partial charge >= 0.3 is 0 Å². The molecule has 0 spiro atoms. The number of nitrogens with one attached hydrogen (secondary N) is 1. The van der Waals surface area contributed by atoms with E-state index in [1.165, 1.54) is 0 Å². The Morgan fingerprint density at radius 2 is 1.89 bits per heavy atom. The number of nitrogens with two attached hydrogens (primary N) is 1. The summed E-state index contributed by atoms with van der Waals surface area (Å²) in [6.45, 7) is 8.56. The monoisotopic (exact) mass is 270 g/mol. The Bertz CT molecular complexity index is 516. The third kappa shape index (κ3) is 4.08. The summed E-state index contributed by atoms with van der Waals surface area (Å²) < 4.78 is 26.9. The molecule has 5 heteroatoms. The van der Waals surface area contributed by atoms with Crippen molar-refractivity contribution in [1.29, 1.82) is 0 Å². The van der Waals surface area contributed by atoms with Crippen LogP contribution in [0.3, 0.4) is 0 Å². The van der Waals surface area contributed by atoms with E-state index in [2.05, 4.69) is 4.72 Å². The summed E-state index contributed by atoms with van der Waals surface area (Å²) in [5, 5.41) is 0. The Morgan fingerprint density at radius 1 is 1.28 bits per heavy atom. The first-order chi connectivity index (χ1) is 8.15. The average molecular weight is 270 g/mol. The normalized spacial score (nSPS) is 12.7. The van der Waals surface area contributed by atoms with E-state index in [-0.39, 0.29) is 5.41 Å². The molecule has 1 rings (SSSR count). The van der Waals surface area contributed by atoms with Crippen molar-refractivity contribution in [2.75, 3.05) is 6.54 Å². The molecule has 0 amide bonds. The first-order valence-corrected chi connectivity index (χ1v) is 7.43. The summed E-state index contributed by atoms with van der Waals surface area (Å²) in [4.78, 5) is 0.323. The van der Waals surface area contributed by atoms with Gasteiger partial charge in [-0.2, -0.15) is 0 Å². The number of aryl methyl sites for hydroxylation is 1. The molecule has 0 fully saturated rings. The second kappa shape index (κ2) is 5.38. The predicted molar refractivity (Wildman–Crippen MR) is 73.7 cm³/mol. The van der Waals surface area contributed by atoms with Crippen molar-refractivity contribution < 1.29 is 8.42 Å². The molecule has 0 radical (unpaired) electrons. The van der Waals surface area contributed by atoms with Crippen LogP contribution >= 0.6 is 0 Å². The third-order valence-electron chi connectivity index (χ3n) is 2.56. The second-order valence-electron chi connectivity index (χ2n) is 5.69. The zero-order valence-corrected chi connectivity index (χ0v) is 12.3. The van der Waals surface area contributed by atoms with Crippen molar-refractivity contribution >= 4 is 10.0 Å². The summed E-state index contributed by atoms with van der Waals surface area (Å²) in [7, 11) is -3.44. The molecule has 0 heterocycles. The molecule has 18 heavy (non-hydrogen) atoms. The van der Waals surface area contributed by atoms with Crippen LogP contribution in [0, 0.1) is 12.3 Å². The molecule has 0 atom stereocenters. The smallest absolute Gasteiger partial charge is 0.240 e. The molecule has 4 nitrogen and oxygen atoms in total. The lowest BCUT2D eigenvalue weighted by molar-refractivity contribution is 0.407. The van der Waals surface area contributed by atoms with E-state index in [0.29, 0.717) is 18.0 Å². The Balaban J connectivity index is 2.99. The van der Waals surface area contributed by atoms with Gasteiger partial charge in [0, 0.05) is 13.1 Å². The Kier molecular flexibility index (Phi) is 4.53. The highest BCUT2D eigenvalue weighted by Gasteiger charge is 2.20. The minimum Gasteiger partial charge on any atom is -0.326 e. The summed E-state index contributed by atoms with van der Waals surface area (Å²) in [6, 6.07) is 5.17. The van der Waals surface area contributed by atoms with Gasteiger partial charge in [0.1, 0.15) is 0 Å². The van der Waals surface area contributed by atoms with E-state index in [1.54, 1.807) is 19.1 Å². The second-order valence-corrected chi connectivity index (χ2v) is 7.42. The molecular weight excluding hydrogens is 248 g/mol. The molecule has 3 N–H and O–H groups in total. The van der Waals surface area contributed by atoms with E-state index < -0.39 is 10.0 Å². The van der Waals surface area contributed by atoms with Gasteiger partial charge < -0.3 is 5.73 Å². The van der Waals surface area contributed by atoms with Crippen molar-refractivity contribution in [3.63, 3.8) is 0 Å². The maximum atomic E-state index is 12.2. The number of hydrogen-bond donors (Lipinski definition) is 2. The fourth-order valence-electron chi connectivity index (χ4n) is 1.53. The molecule has 1 aromatic rings. The van der Waals surface area contributed by atoms with Gasteiger partial charge in [0.05, 0.1) is 4.90 Å². The van der Waals surface area contributed by atoms with Crippen molar-refractivity contribution in [2.24, 2.45) is 11.1 Å². The number of rotatable bonds is 4. The Hall–Kier alpha value is -0.910. The molecular formula is C13H22N2O2S. The van der Waals surface area contributed by atoms with E-state index in [9.17, 15) is 8.42 Å². The fraction of sp³-hybridized carbons (Fsp3) is 0.538. The topological polar surface area (TPSA) is 72.2 Å². The highest BCUT2D eigenvalue weighted by molar-refractivity contribution is 7.89. The lowest BCUT2D eigenvalue weighted by Gasteiger charge is -2.19. The minimum atomic E-state index is -3.44. The first-order valence-electron chi connectivity index (χ1n) is 5.95. The van der Waals surface area contributed by atoms with E-state index in [1.807, 2.05) is 26.8 Å². The molecule has 1 aromatic carbocycles. The zero-order valence-electron chi connectivity index (χ0n) is 11.4. The molecule has 0 aliphatic rings. The lowest BCUT2D eigenvalue weighted by Crippen LogP contribution is -2.32. The summed E-state index contributed by atoms with van der Waals surface area (Å²) in [6.07, 6.45) is 0.